The first-order valence-electron chi connectivity index (χ1n) is 9.50. The number of hydrogen-bond acceptors (Lipinski definition) is 5. The van der Waals surface area contributed by atoms with Crippen molar-refractivity contribution < 1.29 is 4.39 Å². The Balaban J connectivity index is 1.39. The molecule has 138 valence electrons. The van der Waals surface area contributed by atoms with Gasteiger partial charge in [-0.15, -0.1) is 0 Å². The van der Waals surface area contributed by atoms with Crippen LogP contribution in [0.25, 0.3) is 0 Å². The van der Waals surface area contributed by atoms with Gasteiger partial charge >= 0.3 is 0 Å². The zero-order valence-corrected chi connectivity index (χ0v) is 15.4. The van der Waals surface area contributed by atoms with E-state index in [9.17, 15) is 4.39 Å². The number of aryl methyl sites for hydroxylation is 1. The molecule has 0 atom stereocenters. The highest BCUT2D eigenvalue weighted by Gasteiger charge is 2.21. The van der Waals surface area contributed by atoms with Gasteiger partial charge in [-0.3, -0.25) is 4.90 Å². The third-order valence-corrected chi connectivity index (χ3v) is 5.23. The summed E-state index contributed by atoms with van der Waals surface area (Å²) in [5, 5.41) is 0. The molecule has 0 amide bonds. The van der Waals surface area contributed by atoms with Crippen molar-refractivity contribution >= 4 is 11.8 Å². The van der Waals surface area contributed by atoms with E-state index in [2.05, 4.69) is 32.7 Å². The van der Waals surface area contributed by atoms with Gasteiger partial charge in [-0.1, -0.05) is 12.1 Å². The van der Waals surface area contributed by atoms with Gasteiger partial charge in [0.15, 0.2) is 0 Å². The van der Waals surface area contributed by atoms with Crippen molar-refractivity contribution in [2.45, 2.75) is 26.3 Å². The second-order valence-electron chi connectivity index (χ2n) is 7.25. The topological polar surface area (TPSA) is 35.5 Å². The highest BCUT2D eigenvalue weighted by molar-refractivity contribution is 5.46. The predicted octanol–water partition coefficient (Wildman–Crippen LogP) is 2.85. The van der Waals surface area contributed by atoms with Crippen molar-refractivity contribution in [3.8, 4) is 0 Å². The van der Waals surface area contributed by atoms with Crippen LogP contribution in [0.1, 0.15) is 24.1 Å². The zero-order valence-electron chi connectivity index (χ0n) is 15.4. The summed E-state index contributed by atoms with van der Waals surface area (Å²) in [4.78, 5) is 16.6. The number of piperazine rings is 1. The molecule has 2 aromatic rings. The molecule has 6 heteroatoms. The molecule has 0 radical (unpaired) electrons. The fraction of sp³-hybridized carbons (Fsp3) is 0.500. The lowest BCUT2D eigenvalue weighted by Crippen LogP contribution is -2.46. The van der Waals surface area contributed by atoms with Crippen LogP contribution in [0.4, 0.5) is 16.2 Å². The number of halogens is 1. The molecule has 0 unspecified atom stereocenters. The van der Waals surface area contributed by atoms with Crippen molar-refractivity contribution in [1.29, 1.82) is 0 Å². The van der Waals surface area contributed by atoms with Crippen molar-refractivity contribution in [3.05, 3.63) is 47.4 Å². The van der Waals surface area contributed by atoms with Gasteiger partial charge in [-0.05, 0) is 37.5 Å². The Morgan fingerprint density at radius 3 is 2.27 bits per heavy atom. The van der Waals surface area contributed by atoms with E-state index in [4.69, 9.17) is 4.98 Å². The molecule has 1 aromatic heterocycles. The van der Waals surface area contributed by atoms with E-state index >= 15 is 0 Å². The van der Waals surface area contributed by atoms with Gasteiger partial charge in [0, 0.05) is 57.6 Å². The molecular weight excluding hydrogens is 329 g/mol. The molecule has 0 spiro atoms. The summed E-state index contributed by atoms with van der Waals surface area (Å²) in [5.41, 5.74) is 2.19. The number of benzene rings is 1. The van der Waals surface area contributed by atoms with Crippen molar-refractivity contribution in [2.75, 3.05) is 49.1 Å². The van der Waals surface area contributed by atoms with Gasteiger partial charge < -0.3 is 9.80 Å². The van der Waals surface area contributed by atoms with E-state index in [-0.39, 0.29) is 5.82 Å². The standard InChI is InChI=1S/C20H26FN5/c1-16-14-19(25-8-2-3-9-25)23-20(22-16)26-12-10-24(11-13-26)15-17-4-6-18(21)7-5-17/h4-7,14H,2-3,8-13,15H2,1H3. The van der Waals surface area contributed by atoms with Gasteiger partial charge in [-0.25, -0.2) is 9.37 Å². The van der Waals surface area contributed by atoms with Gasteiger partial charge in [0.25, 0.3) is 0 Å². The molecule has 0 bridgehead atoms. The van der Waals surface area contributed by atoms with E-state index in [1.54, 1.807) is 0 Å². The first-order chi connectivity index (χ1) is 12.7. The number of aromatic nitrogens is 2. The van der Waals surface area contributed by atoms with Gasteiger partial charge in [0.1, 0.15) is 11.6 Å². The van der Waals surface area contributed by atoms with E-state index in [0.717, 1.165) is 68.8 Å². The zero-order chi connectivity index (χ0) is 17.9. The minimum absolute atomic E-state index is 0.177. The lowest BCUT2D eigenvalue weighted by molar-refractivity contribution is 0.248. The SMILES string of the molecule is Cc1cc(N2CCCC2)nc(N2CCN(Cc3ccc(F)cc3)CC2)n1. The average Bonchev–Trinajstić information content (AvgIpc) is 3.19. The lowest BCUT2D eigenvalue weighted by Gasteiger charge is -2.35. The number of nitrogens with zero attached hydrogens (tertiary/aromatic N) is 5. The Kier molecular flexibility index (Phi) is 5.02. The van der Waals surface area contributed by atoms with Crippen LogP contribution in [-0.2, 0) is 6.54 Å². The summed E-state index contributed by atoms with van der Waals surface area (Å²) in [6, 6.07) is 8.90. The molecule has 0 N–H and O–H groups in total. The number of rotatable bonds is 4. The number of hydrogen-bond donors (Lipinski definition) is 0. The van der Waals surface area contributed by atoms with E-state index in [1.165, 1.54) is 25.0 Å². The second kappa shape index (κ2) is 7.58. The summed E-state index contributed by atoms with van der Waals surface area (Å²) < 4.78 is 13.0. The Morgan fingerprint density at radius 2 is 1.58 bits per heavy atom. The minimum Gasteiger partial charge on any atom is -0.356 e. The molecule has 2 aliphatic rings. The second-order valence-corrected chi connectivity index (χ2v) is 7.25. The predicted molar refractivity (Wildman–Crippen MR) is 102 cm³/mol. The first-order valence-corrected chi connectivity index (χ1v) is 9.50. The molecule has 4 rings (SSSR count). The fourth-order valence-corrected chi connectivity index (χ4v) is 3.74. The summed E-state index contributed by atoms with van der Waals surface area (Å²) in [5.74, 6) is 1.75. The molecule has 2 aliphatic heterocycles. The third-order valence-electron chi connectivity index (χ3n) is 5.23. The van der Waals surface area contributed by atoms with Gasteiger partial charge in [-0.2, -0.15) is 4.98 Å². The fourth-order valence-electron chi connectivity index (χ4n) is 3.74. The molecule has 0 saturated carbocycles. The van der Waals surface area contributed by atoms with Crippen LogP contribution >= 0.6 is 0 Å². The maximum atomic E-state index is 13.0. The summed E-state index contributed by atoms with van der Waals surface area (Å²) in [7, 11) is 0. The van der Waals surface area contributed by atoms with E-state index in [0.29, 0.717) is 0 Å². The maximum absolute atomic E-state index is 13.0. The molecule has 3 heterocycles. The molecule has 1 aromatic carbocycles. The normalized spacial score (nSPS) is 18.5. The molecule has 5 nitrogen and oxygen atoms in total. The van der Waals surface area contributed by atoms with E-state index < -0.39 is 0 Å². The molecule has 2 saturated heterocycles. The Bertz CT molecular complexity index is 734. The average molecular weight is 355 g/mol. The third kappa shape index (κ3) is 3.96. The molecule has 0 aliphatic carbocycles. The van der Waals surface area contributed by atoms with Crippen molar-refractivity contribution in [1.82, 2.24) is 14.9 Å². The van der Waals surface area contributed by atoms with Gasteiger partial charge in [0.05, 0.1) is 0 Å². The van der Waals surface area contributed by atoms with Crippen LogP contribution in [0, 0.1) is 12.7 Å². The van der Waals surface area contributed by atoms with Crippen LogP contribution in [0.3, 0.4) is 0 Å². The quantitative estimate of drug-likeness (QED) is 0.843. The smallest absolute Gasteiger partial charge is 0.227 e. The maximum Gasteiger partial charge on any atom is 0.227 e. The van der Waals surface area contributed by atoms with Crippen LogP contribution < -0.4 is 9.80 Å². The highest BCUT2D eigenvalue weighted by Crippen LogP contribution is 2.22. The largest absolute Gasteiger partial charge is 0.356 e. The van der Waals surface area contributed by atoms with Crippen molar-refractivity contribution in [2.24, 2.45) is 0 Å². The van der Waals surface area contributed by atoms with Crippen LogP contribution in [0.15, 0.2) is 30.3 Å². The Morgan fingerprint density at radius 1 is 0.885 bits per heavy atom. The highest BCUT2D eigenvalue weighted by atomic mass is 19.1. The first kappa shape index (κ1) is 17.2. The van der Waals surface area contributed by atoms with Crippen LogP contribution in [0.5, 0.6) is 0 Å². The van der Waals surface area contributed by atoms with Crippen LogP contribution in [-0.4, -0.2) is 54.1 Å². The number of anilines is 2. The van der Waals surface area contributed by atoms with Crippen LogP contribution in [0.2, 0.25) is 0 Å². The summed E-state index contributed by atoms with van der Waals surface area (Å²) in [6.07, 6.45) is 2.50. The Hall–Kier alpha value is -2.21. The molecule has 2 fully saturated rings. The molecular formula is C20H26FN5. The van der Waals surface area contributed by atoms with Gasteiger partial charge in [0.2, 0.25) is 5.95 Å². The Labute approximate surface area is 154 Å². The summed E-state index contributed by atoms with van der Waals surface area (Å²) in [6.45, 7) is 8.88. The van der Waals surface area contributed by atoms with E-state index in [1.807, 2.05) is 12.1 Å². The minimum atomic E-state index is -0.177. The van der Waals surface area contributed by atoms with Crippen molar-refractivity contribution in [3.63, 3.8) is 0 Å². The monoisotopic (exact) mass is 355 g/mol. The molecule has 26 heavy (non-hydrogen) atoms. The lowest BCUT2D eigenvalue weighted by atomic mass is 10.2. The summed E-state index contributed by atoms with van der Waals surface area (Å²) >= 11 is 0.